The van der Waals surface area contributed by atoms with Crippen LogP contribution < -0.4 is 10.1 Å². The molecule has 4 heteroatoms. The summed E-state index contributed by atoms with van der Waals surface area (Å²) in [6, 6.07) is 15.0. The van der Waals surface area contributed by atoms with Crippen molar-refractivity contribution in [1.29, 1.82) is 0 Å². The molecule has 0 radical (unpaired) electrons. The summed E-state index contributed by atoms with van der Waals surface area (Å²) in [5.74, 6) is 0.481. The average Bonchev–Trinajstić information content (AvgIpc) is 3.06. The zero-order valence-corrected chi connectivity index (χ0v) is 13.0. The minimum atomic E-state index is -0.410. The lowest BCUT2D eigenvalue weighted by molar-refractivity contribution is -0.124. The molecule has 1 aliphatic rings. The van der Waals surface area contributed by atoms with Gasteiger partial charge in [0.25, 0.3) is 5.91 Å². The van der Waals surface area contributed by atoms with Gasteiger partial charge in [0, 0.05) is 0 Å². The molecular weight excluding hydrogens is 290 g/mol. The molecule has 2 aromatic carbocycles. The number of aliphatic hydroxyl groups is 1. The van der Waals surface area contributed by atoms with E-state index in [9.17, 15) is 9.90 Å². The fourth-order valence-corrected chi connectivity index (χ4v) is 2.94. The molecule has 2 aromatic rings. The minimum absolute atomic E-state index is 0.0535. The molecule has 23 heavy (non-hydrogen) atoms. The maximum absolute atomic E-state index is 12.0. The summed E-state index contributed by atoms with van der Waals surface area (Å²) >= 11 is 0. The third kappa shape index (κ3) is 3.90. The Kier molecular flexibility index (Phi) is 4.93. The van der Waals surface area contributed by atoms with Gasteiger partial charge in [-0.2, -0.15) is 0 Å². The van der Waals surface area contributed by atoms with Crippen LogP contribution in [-0.4, -0.2) is 24.2 Å². The van der Waals surface area contributed by atoms with Crippen molar-refractivity contribution in [3.05, 3.63) is 65.2 Å². The zero-order valence-electron chi connectivity index (χ0n) is 13.0. The van der Waals surface area contributed by atoms with Gasteiger partial charge in [-0.05, 0) is 48.1 Å². The number of hydrogen-bond donors (Lipinski definition) is 2. The Morgan fingerprint density at radius 2 is 1.91 bits per heavy atom. The Bertz CT molecular complexity index is 670. The van der Waals surface area contributed by atoms with Gasteiger partial charge in [-0.25, -0.2) is 0 Å². The Morgan fingerprint density at radius 3 is 2.70 bits per heavy atom. The molecule has 1 amide bonds. The lowest BCUT2D eigenvalue weighted by atomic mass is 10.1. The van der Waals surface area contributed by atoms with Crippen molar-refractivity contribution in [2.24, 2.45) is 0 Å². The Morgan fingerprint density at radius 1 is 1.13 bits per heavy atom. The number of aryl methyl sites for hydroxylation is 2. The molecule has 0 spiro atoms. The van der Waals surface area contributed by atoms with E-state index in [1.165, 1.54) is 17.5 Å². The van der Waals surface area contributed by atoms with Crippen LogP contribution in [0.1, 0.15) is 29.2 Å². The molecule has 0 aromatic heterocycles. The highest BCUT2D eigenvalue weighted by molar-refractivity contribution is 5.78. The summed E-state index contributed by atoms with van der Waals surface area (Å²) < 4.78 is 5.58. The Hall–Kier alpha value is -2.33. The molecular formula is C19H21NO3. The second-order valence-corrected chi connectivity index (χ2v) is 5.79. The second-order valence-electron chi connectivity index (χ2n) is 5.79. The van der Waals surface area contributed by atoms with Crippen LogP contribution in [0, 0.1) is 0 Å². The van der Waals surface area contributed by atoms with Crippen LogP contribution in [0.4, 0.5) is 0 Å². The maximum Gasteiger partial charge on any atom is 0.258 e. The van der Waals surface area contributed by atoms with Gasteiger partial charge in [0.15, 0.2) is 6.61 Å². The highest BCUT2D eigenvalue weighted by Crippen LogP contribution is 2.26. The second kappa shape index (κ2) is 7.29. The van der Waals surface area contributed by atoms with Gasteiger partial charge in [0.05, 0.1) is 12.6 Å². The number of aliphatic hydroxyl groups excluding tert-OH is 1. The van der Waals surface area contributed by atoms with Crippen molar-refractivity contribution >= 4 is 5.91 Å². The highest BCUT2D eigenvalue weighted by atomic mass is 16.5. The standard InChI is InChI=1S/C19H21NO3/c21-12-18(15-5-2-1-3-6-15)20-19(22)13-23-17-10-9-14-7-4-8-16(14)11-17/h1-3,5-6,9-11,18,21H,4,7-8,12-13H2,(H,20,22). The fraction of sp³-hybridized carbons (Fsp3) is 0.316. The number of ether oxygens (including phenoxy) is 1. The van der Waals surface area contributed by atoms with E-state index >= 15 is 0 Å². The van der Waals surface area contributed by atoms with Crippen LogP contribution in [0.3, 0.4) is 0 Å². The average molecular weight is 311 g/mol. The van der Waals surface area contributed by atoms with Crippen LogP contribution in [0.5, 0.6) is 5.75 Å². The van der Waals surface area contributed by atoms with Crippen LogP contribution >= 0.6 is 0 Å². The lowest BCUT2D eigenvalue weighted by Gasteiger charge is -2.17. The number of hydrogen-bond acceptors (Lipinski definition) is 3. The van der Waals surface area contributed by atoms with E-state index in [2.05, 4.69) is 11.4 Å². The third-order valence-electron chi connectivity index (χ3n) is 4.16. The highest BCUT2D eigenvalue weighted by Gasteiger charge is 2.15. The fourth-order valence-electron chi connectivity index (χ4n) is 2.94. The predicted octanol–water partition coefficient (Wildman–Crippen LogP) is 2.40. The number of amides is 1. The van der Waals surface area contributed by atoms with Crippen molar-refractivity contribution < 1.29 is 14.6 Å². The Labute approximate surface area is 136 Å². The molecule has 0 fully saturated rings. The molecule has 0 saturated carbocycles. The van der Waals surface area contributed by atoms with Gasteiger partial charge in [0.2, 0.25) is 0 Å². The van der Waals surface area contributed by atoms with E-state index in [1.807, 2.05) is 42.5 Å². The topological polar surface area (TPSA) is 58.6 Å². The van der Waals surface area contributed by atoms with Crippen LogP contribution in [-0.2, 0) is 17.6 Å². The van der Waals surface area contributed by atoms with Crippen molar-refractivity contribution in [3.8, 4) is 5.75 Å². The van der Waals surface area contributed by atoms with Crippen molar-refractivity contribution in [2.75, 3.05) is 13.2 Å². The monoisotopic (exact) mass is 311 g/mol. The number of fused-ring (bicyclic) bond motifs is 1. The predicted molar refractivity (Wildman–Crippen MR) is 88.4 cm³/mol. The van der Waals surface area contributed by atoms with Crippen LogP contribution in [0.25, 0.3) is 0 Å². The molecule has 0 heterocycles. The first-order chi connectivity index (χ1) is 11.3. The van der Waals surface area contributed by atoms with Gasteiger partial charge >= 0.3 is 0 Å². The normalized spacial score (nSPS) is 14.1. The molecule has 1 aliphatic carbocycles. The summed E-state index contributed by atoms with van der Waals surface area (Å²) in [5.41, 5.74) is 3.58. The van der Waals surface area contributed by atoms with Gasteiger partial charge in [-0.1, -0.05) is 36.4 Å². The SMILES string of the molecule is O=C(COc1ccc2c(c1)CCC2)NC(CO)c1ccccc1. The Balaban J connectivity index is 1.55. The number of carbonyl (C=O) groups excluding carboxylic acids is 1. The van der Waals surface area contributed by atoms with Gasteiger partial charge in [-0.15, -0.1) is 0 Å². The van der Waals surface area contributed by atoms with Crippen LogP contribution in [0.2, 0.25) is 0 Å². The van der Waals surface area contributed by atoms with Gasteiger partial charge in [0.1, 0.15) is 5.75 Å². The summed E-state index contributed by atoms with van der Waals surface area (Å²) in [6.07, 6.45) is 3.40. The first kappa shape index (κ1) is 15.6. The van der Waals surface area contributed by atoms with Gasteiger partial charge < -0.3 is 15.2 Å². The van der Waals surface area contributed by atoms with E-state index in [4.69, 9.17) is 4.74 Å². The van der Waals surface area contributed by atoms with Crippen molar-refractivity contribution in [3.63, 3.8) is 0 Å². The maximum atomic E-state index is 12.0. The first-order valence-electron chi connectivity index (χ1n) is 7.96. The van der Waals surface area contributed by atoms with E-state index < -0.39 is 6.04 Å². The quantitative estimate of drug-likeness (QED) is 0.861. The smallest absolute Gasteiger partial charge is 0.258 e. The molecule has 120 valence electrons. The molecule has 1 atom stereocenters. The minimum Gasteiger partial charge on any atom is -0.484 e. The van der Waals surface area contributed by atoms with Crippen LogP contribution in [0.15, 0.2) is 48.5 Å². The lowest BCUT2D eigenvalue weighted by Crippen LogP contribution is -2.34. The van der Waals surface area contributed by atoms with E-state index in [0.29, 0.717) is 0 Å². The van der Waals surface area contributed by atoms with Gasteiger partial charge in [-0.3, -0.25) is 4.79 Å². The molecule has 1 unspecified atom stereocenters. The number of rotatable bonds is 6. The molecule has 0 aliphatic heterocycles. The summed E-state index contributed by atoms with van der Waals surface area (Å²) in [4.78, 5) is 12.0. The van der Waals surface area contributed by atoms with E-state index in [1.54, 1.807) is 0 Å². The summed E-state index contributed by atoms with van der Waals surface area (Å²) in [6.45, 7) is -0.198. The first-order valence-corrected chi connectivity index (χ1v) is 7.96. The summed E-state index contributed by atoms with van der Waals surface area (Å²) in [7, 11) is 0. The molecule has 3 rings (SSSR count). The molecule has 0 bridgehead atoms. The van der Waals surface area contributed by atoms with Crippen molar-refractivity contribution in [2.45, 2.75) is 25.3 Å². The van der Waals surface area contributed by atoms with Crippen molar-refractivity contribution in [1.82, 2.24) is 5.32 Å². The zero-order chi connectivity index (χ0) is 16.1. The largest absolute Gasteiger partial charge is 0.484 e. The molecule has 4 nitrogen and oxygen atoms in total. The molecule has 0 saturated heterocycles. The number of carbonyl (C=O) groups is 1. The summed E-state index contributed by atoms with van der Waals surface area (Å²) in [5, 5.41) is 12.3. The van der Waals surface area contributed by atoms with E-state index in [-0.39, 0.29) is 19.1 Å². The third-order valence-corrected chi connectivity index (χ3v) is 4.16. The van der Waals surface area contributed by atoms with E-state index in [0.717, 1.165) is 24.2 Å². The number of nitrogens with one attached hydrogen (secondary N) is 1. The molecule has 2 N–H and O–H groups in total. The number of benzene rings is 2.